The molecule has 1 saturated heterocycles. The fraction of sp³-hybridized carbons (Fsp3) is 0.385. The molecule has 2 aliphatic rings. The number of methoxy groups -OCH3 is 1. The number of amides is 1. The van der Waals surface area contributed by atoms with Crippen molar-refractivity contribution in [2.24, 2.45) is 0 Å². The lowest BCUT2D eigenvalue weighted by molar-refractivity contribution is -0.125. The molecule has 1 aromatic rings. The Balaban J connectivity index is 1.87. The van der Waals surface area contributed by atoms with Gasteiger partial charge in [0, 0.05) is 13.1 Å². The van der Waals surface area contributed by atoms with Crippen LogP contribution in [0.25, 0.3) is 0 Å². The van der Waals surface area contributed by atoms with E-state index in [2.05, 4.69) is 0 Å². The van der Waals surface area contributed by atoms with E-state index in [0.717, 1.165) is 5.56 Å². The molecular formula is C13H13NO4S2. The highest BCUT2D eigenvalue weighted by Crippen LogP contribution is 2.40. The zero-order valence-electron chi connectivity index (χ0n) is 11.0. The van der Waals surface area contributed by atoms with Gasteiger partial charge in [-0.05, 0) is 18.1 Å². The van der Waals surface area contributed by atoms with E-state index in [4.69, 9.17) is 26.4 Å². The van der Waals surface area contributed by atoms with Crippen LogP contribution in [0.4, 0.5) is 0 Å². The minimum absolute atomic E-state index is 0.0275. The number of hydrogen-bond donors (Lipinski definition) is 0. The van der Waals surface area contributed by atoms with E-state index in [1.54, 1.807) is 20.2 Å². The molecule has 0 N–H and O–H groups in total. The van der Waals surface area contributed by atoms with Crippen LogP contribution in [-0.2, 0) is 11.2 Å². The minimum atomic E-state index is -0.207. The molecule has 0 radical (unpaired) electrons. The van der Waals surface area contributed by atoms with Gasteiger partial charge < -0.3 is 14.2 Å². The first-order valence-electron chi connectivity index (χ1n) is 6.05. The van der Waals surface area contributed by atoms with Crippen molar-refractivity contribution in [3.8, 4) is 17.2 Å². The lowest BCUT2D eigenvalue weighted by Crippen LogP contribution is -2.28. The molecule has 2 aliphatic heterocycles. The minimum Gasteiger partial charge on any atom is -0.496 e. The van der Waals surface area contributed by atoms with Crippen LogP contribution in [-0.4, -0.2) is 41.3 Å². The molecule has 0 saturated carbocycles. The molecule has 106 valence electrons. The number of carbonyl (C=O) groups is 1. The van der Waals surface area contributed by atoms with E-state index in [1.165, 1.54) is 16.7 Å². The van der Waals surface area contributed by atoms with Crippen LogP contribution in [0.15, 0.2) is 12.1 Å². The van der Waals surface area contributed by atoms with Crippen molar-refractivity contribution >= 4 is 34.2 Å². The molecule has 5 nitrogen and oxygen atoms in total. The second kappa shape index (κ2) is 5.14. The normalized spacial score (nSPS) is 20.7. The molecule has 0 aromatic heterocycles. The van der Waals surface area contributed by atoms with Crippen molar-refractivity contribution in [3.05, 3.63) is 17.7 Å². The summed E-state index contributed by atoms with van der Waals surface area (Å²) in [5.41, 5.74) is 0.917. The summed E-state index contributed by atoms with van der Waals surface area (Å²) in [6, 6.07) is 3.67. The van der Waals surface area contributed by atoms with Gasteiger partial charge in [0.2, 0.25) is 12.7 Å². The maximum absolute atomic E-state index is 12.1. The fourth-order valence-electron chi connectivity index (χ4n) is 2.20. The molecule has 7 heteroatoms. The van der Waals surface area contributed by atoms with Crippen LogP contribution in [0.3, 0.4) is 0 Å². The van der Waals surface area contributed by atoms with Gasteiger partial charge in [-0.2, -0.15) is 0 Å². The van der Waals surface area contributed by atoms with Gasteiger partial charge in [-0.1, -0.05) is 24.0 Å². The van der Waals surface area contributed by atoms with E-state index in [1.807, 2.05) is 6.07 Å². The van der Waals surface area contributed by atoms with Crippen molar-refractivity contribution in [2.75, 3.05) is 21.0 Å². The second-order valence-electron chi connectivity index (χ2n) is 4.49. The Hall–Kier alpha value is -1.47. The van der Waals surface area contributed by atoms with Crippen LogP contribution in [0.2, 0.25) is 0 Å². The van der Waals surface area contributed by atoms with Gasteiger partial charge in [-0.15, -0.1) is 0 Å². The fourth-order valence-corrected chi connectivity index (χ4v) is 3.65. The molecular weight excluding hydrogens is 298 g/mol. The van der Waals surface area contributed by atoms with Crippen LogP contribution in [0.5, 0.6) is 17.2 Å². The Kier molecular flexibility index (Phi) is 3.47. The number of hydrogen-bond acceptors (Lipinski definition) is 6. The summed E-state index contributed by atoms with van der Waals surface area (Å²) in [7, 11) is 3.30. The molecule has 20 heavy (non-hydrogen) atoms. The topological polar surface area (TPSA) is 48.0 Å². The third-order valence-corrected chi connectivity index (χ3v) is 4.99. The molecule has 0 bridgehead atoms. The van der Waals surface area contributed by atoms with Gasteiger partial charge in [-0.25, -0.2) is 0 Å². The van der Waals surface area contributed by atoms with E-state index >= 15 is 0 Å². The van der Waals surface area contributed by atoms with E-state index < -0.39 is 0 Å². The number of thioether (sulfide) groups is 1. The third kappa shape index (κ3) is 2.20. The van der Waals surface area contributed by atoms with E-state index in [-0.39, 0.29) is 18.0 Å². The Morgan fingerprint density at radius 3 is 2.75 bits per heavy atom. The molecule has 1 atom stereocenters. The Morgan fingerprint density at radius 1 is 1.45 bits per heavy atom. The maximum atomic E-state index is 12.1. The van der Waals surface area contributed by atoms with Crippen molar-refractivity contribution in [3.63, 3.8) is 0 Å². The quantitative estimate of drug-likeness (QED) is 0.794. The van der Waals surface area contributed by atoms with Gasteiger partial charge >= 0.3 is 0 Å². The summed E-state index contributed by atoms with van der Waals surface area (Å²) in [6.07, 6.45) is 0.549. The zero-order valence-corrected chi connectivity index (χ0v) is 12.7. The summed E-state index contributed by atoms with van der Waals surface area (Å²) in [6.45, 7) is 0.214. The van der Waals surface area contributed by atoms with Gasteiger partial charge in [0.05, 0.1) is 12.4 Å². The van der Waals surface area contributed by atoms with Gasteiger partial charge in [0.15, 0.2) is 11.5 Å². The number of ether oxygens (including phenoxy) is 3. The van der Waals surface area contributed by atoms with Gasteiger partial charge in [0.25, 0.3) is 0 Å². The van der Waals surface area contributed by atoms with Crippen molar-refractivity contribution in [2.45, 2.75) is 11.7 Å². The summed E-state index contributed by atoms with van der Waals surface area (Å²) in [4.78, 5) is 13.6. The summed E-state index contributed by atoms with van der Waals surface area (Å²) < 4.78 is 16.7. The SMILES string of the molecule is COc1cc2c(cc1C[C@H]1SC(=S)N(C)C1=O)OCO2. The van der Waals surface area contributed by atoms with Crippen molar-refractivity contribution < 1.29 is 19.0 Å². The molecule has 1 aromatic carbocycles. The lowest BCUT2D eigenvalue weighted by atomic mass is 10.1. The van der Waals surface area contributed by atoms with Crippen LogP contribution in [0, 0.1) is 0 Å². The lowest BCUT2D eigenvalue weighted by Gasteiger charge is -2.12. The molecule has 0 unspecified atom stereocenters. The third-order valence-electron chi connectivity index (χ3n) is 3.30. The molecule has 1 fully saturated rings. The molecule has 2 heterocycles. The first-order valence-corrected chi connectivity index (χ1v) is 7.33. The Labute approximate surface area is 126 Å². The van der Waals surface area contributed by atoms with E-state index in [0.29, 0.717) is 28.0 Å². The highest BCUT2D eigenvalue weighted by atomic mass is 32.2. The number of nitrogens with zero attached hydrogens (tertiary/aromatic N) is 1. The van der Waals surface area contributed by atoms with Gasteiger partial charge in [0.1, 0.15) is 10.1 Å². The first-order chi connectivity index (χ1) is 9.60. The molecule has 0 aliphatic carbocycles. The average Bonchev–Trinajstić information content (AvgIpc) is 2.98. The second-order valence-corrected chi connectivity index (χ2v) is 6.33. The molecule has 3 rings (SSSR count). The van der Waals surface area contributed by atoms with Crippen LogP contribution >= 0.6 is 24.0 Å². The van der Waals surface area contributed by atoms with Gasteiger partial charge in [-0.3, -0.25) is 9.69 Å². The summed E-state index contributed by atoms with van der Waals surface area (Å²) >= 11 is 6.55. The highest BCUT2D eigenvalue weighted by molar-refractivity contribution is 8.24. The predicted molar refractivity (Wildman–Crippen MR) is 79.6 cm³/mol. The number of benzene rings is 1. The summed E-state index contributed by atoms with van der Waals surface area (Å²) in [5, 5.41) is -0.207. The maximum Gasteiger partial charge on any atom is 0.241 e. The standard InChI is InChI=1S/C13H13NO4S2/c1-14-12(15)11(20-13(14)19)4-7-3-9-10(18-6-17-9)5-8(7)16-2/h3,5,11H,4,6H2,1-2H3/t11-/m1/s1. The predicted octanol–water partition coefficient (Wildman–Crippen LogP) is 1.83. The molecule has 0 spiro atoms. The van der Waals surface area contributed by atoms with Crippen molar-refractivity contribution in [1.82, 2.24) is 4.90 Å². The largest absolute Gasteiger partial charge is 0.496 e. The zero-order chi connectivity index (χ0) is 14.3. The number of rotatable bonds is 3. The number of carbonyl (C=O) groups excluding carboxylic acids is 1. The first kappa shape index (κ1) is 13.5. The van der Waals surface area contributed by atoms with E-state index in [9.17, 15) is 4.79 Å². The summed E-state index contributed by atoms with van der Waals surface area (Å²) in [5.74, 6) is 2.08. The monoisotopic (exact) mass is 311 g/mol. The van der Waals surface area contributed by atoms with Crippen LogP contribution in [0.1, 0.15) is 5.56 Å². The number of thiocarbonyl (C=S) groups is 1. The smallest absolute Gasteiger partial charge is 0.241 e. The van der Waals surface area contributed by atoms with Crippen molar-refractivity contribution in [1.29, 1.82) is 0 Å². The highest BCUT2D eigenvalue weighted by Gasteiger charge is 2.35. The molecule has 1 amide bonds. The Morgan fingerprint density at radius 2 is 2.15 bits per heavy atom. The average molecular weight is 311 g/mol. The number of fused-ring (bicyclic) bond motifs is 1. The Bertz CT molecular complexity index is 590. The van der Waals surface area contributed by atoms with Crippen LogP contribution < -0.4 is 14.2 Å².